The molecule has 2 nitrogen and oxygen atoms in total. The third kappa shape index (κ3) is 5.22. The van der Waals surface area contributed by atoms with Gasteiger partial charge in [0, 0.05) is 11.9 Å². The fourth-order valence-corrected chi connectivity index (χ4v) is 1.95. The van der Waals surface area contributed by atoms with Gasteiger partial charge in [0.05, 0.1) is 0 Å². The van der Waals surface area contributed by atoms with Crippen LogP contribution in [0.2, 0.25) is 0 Å². The van der Waals surface area contributed by atoms with Crippen LogP contribution in [0.5, 0.6) is 0 Å². The van der Waals surface area contributed by atoms with E-state index in [4.69, 9.17) is 0 Å². The molecule has 0 heterocycles. The Morgan fingerprint density at radius 2 is 1.62 bits per heavy atom. The van der Waals surface area contributed by atoms with E-state index in [0.29, 0.717) is 10.9 Å². The summed E-state index contributed by atoms with van der Waals surface area (Å²) in [7, 11) is 0. The van der Waals surface area contributed by atoms with Crippen LogP contribution < -0.4 is 5.32 Å². The van der Waals surface area contributed by atoms with Gasteiger partial charge in [0.15, 0.2) is 0 Å². The molecule has 0 saturated heterocycles. The van der Waals surface area contributed by atoms with Gasteiger partial charge in [0.2, 0.25) is 11.8 Å². The molecule has 0 bridgehead atoms. The van der Waals surface area contributed by atoms with Gasteiger partial charge in [-0.05, 0) is 11.1 Å². The Balaban J connectivity index is 2.79. The van der Waals surface area contributed by atoms with Crippen LogP contribution in [0.25, 0.3) is 0 Å². The molecule has 0 aliphatic carbocycles. The highest BCUT2D eigenvalue weighted by molar-refractivity contribution is 9.08. The summed E-state index contributed by atoms with van der Waals surface area (Å²) in [6.07, 6.45) is -11.4. The average Bonchev–Trinajstić information content (AvgIpc) is 2.33. The van der Waals surface area contributed by atoms with Crippen LogP contribution in [-0.2, 0) is 16.7 Å². The minimum Gasteiger partial charge on any atom is -0.351 e. The van der Waals surface area contributed by atoms with Crippen LogP contribution in [0.4, 0.5) is 26.3 Å². The normalized spacial score (nSPS) is 12.6. The SMILES string of the molecule is O=C(NCc1cccc(CBr)c1)C(C(F)(F)F)C(F)(F)F. The van der Waals surface area contributed by atoms with Crippen molar-refractivity contribution in [3.8, 4) is 0 Å². The van der Waals surface area contributed by atoms with Gasteiger partial charge >= 0.3 is 12.4 Å². The predicted octanol–water partition coefficient (Wildman–Crippen LogP) is 3.94. The summed E-state index contributed by atoms with van der Waals surface area (Å²) in [6, 6.07) is 6.35. The zero-order valence-corrected chi connectivity index (χ0v) is 11.9. The molecule has 1 rings (SSSR count). The Morgan fingerprint density at radius 3 is 2.10 bits per heavy atom. The molecule has 1 amide bonds. The van der Waals surface area contributed by atoms with E-state index in [2.05, 4.69) is 15.9 Å². The second-order valence-corrected chi connectivity index (χ2v) is 4.75. The summed E-state index contributed by atoms with van der Waals surface area (Å²) in [5, 5.41) is 2.14. The van der Waals surface area contributed by atoms with E-state index in [1.165, 1.54) is 6.07 Å². The minimum atomic E-state index is -5.68. The number of hydrogen-bond donors (Lipinski definition) is 1. The van der Waals surface area contributed by atoms with Crippen LogP contribution in [0, 0.1) is 5.92 Å². The van der Waals surface area contributed by atoms with Crippen molar-refractivity contribution in [2.45, 2.75) is 24.2 Å². The molecule has 0 spiro atoms. The van der Waals surface area contributed by atoms with Crippen molar-refractivity contribution in [1.82, 2.24) is 5.32 Å². The summed E-state index contributed by atoms with van der Waals surface area (Å²) < 4.78 is 73.9. The Kier molecular flexibility index (Phi) is 5.66. The summed E-state index contributed by atoms with van der Waals surface area (Å²) in [6.45, 7) is -0.414. The van der Waals surface area contributed by atoms with Gasteiger partial charge < -0.3 is 5.32 Å². The van der Waals surface area contributed by atoms with Gasteiger partial charge in [0.25, 0.3) is 0 Å². The smallest absolute Gasteiger partial charge is 0.351 e. The van der Waals surface area contributed by atoms with Crippen molar-refractivity contribution >= 4 is 21.8 Å². The molecule has 0 unspecified atom stereocenters. The summed E-state index contributed by atoms with van der Waals surface area (Å²) in [4.78, 5) is 11.2. The molecule has 0 atom stereocenters. The lowest BCUT2D eigenvalue weighted by Crippen LogP contribution is -2.47. The molecule has 0 aliphatic heterocycles. The third-order valence-corrected chi connectivity index (χ3v) is 3.18. The second-order valence-electron chi connectivity index (χ2n) is 4.19. The van der Waals surface area contributed by atoms with Crippen molar-refractivity contribution in [2.24, 2.45) is 5.92 Å². The molecule has 118 valence electrons. The summed E-state index contributed by atoms with van der Waals surface area (Å²) in [5.74, 6) is -6.14. The van der Waals surface area contributed by atoms with E-state index < -0.39 is 30.7 Å². The highest BCUT2D eigenvalue weighted by atomic mass is 79.9. The standard InChI is InChI=1S/C12H10BrF6NO/c13-5-7-2-1-3-8(4-7)6-20-10(21)9(11(14,15)16)12(17,18)19/h1-4,9H,5-6H2,(H,20,21). The van der Waals surface area contributed by atoms with Gasteiger partial charge in [-0.2, -0.15) is 26.3 Å². The summed E-state index contributed by atoms with van der Waals surface area (Å²) in [5.41, 5.74) is 1.19. The molecule has 0 fully saturated rings. The first kappa shape index (κ1) is 17.8. The van der Waals surface area contributed by atoms with Gasteiger partial charge in [0.1, 0.15) is 0 Å². The molecular weight excluding hydrogens is 368 g/mol. The van der Waals surface area contributed by atoms with Gasteiger partial charge in [-0.15, -0.1) is 0 Å². The quantitative estimate of drug-likeness (QED) is 0.624. The van der Waals surface area contributed by atoms with Crippen LogP contribution in [-0.4, -0.2) is 18.3 Å². The lowest BCUT2D eigenvalue weighted by molar-refractivity contribution is -0.274. The molecular formula is C12H10BrF6NO. The van der Waals surface area contributed by atoms with E-state index in [1.54, 1.807) is 23.5 Å². The predicted molar refractivity (Wildman–Crippen MR) is 66.5 cm³/mol. The number of hydrogen-bond acceptors (Lipinski definition) is 1. The first-order valence-corrected chi connectivity index (χ1v) is 6.72. The zero-order chi connectivity index (χ0) is 16.3. The Labute approximate surface area is 124 Å². The maximum atomic E-state index is 12.3. The fraction of sp³-hybridized carbons (Fsp3) is 0.417. The number of rotatable bonds is 4. The molecule has 1 aromatic rings. The minimum absolute atomic E-state index is 0.406. The molecule has 0 saturated carbocycles. The van der Waals surface area contributed by atoms with E-state index in [1.807, 2.05) is 0 Å². The number of carbonyl (C=O) groups excluding carboxylic acids is 1. The van der Waals surface area contributed by atoms with Gasteiger partial charge in [-0.3, -0.25) is 4.79 Å². The van der Waals surface area contributed by atoms with Crippen LogP contribution in [0.1, 0.15) is 11.1 Å². The van der Waals surface area contributed by atoms with E-state index in [0.717, 1.165) is 5.56 Å². The number of nitrogens with one attached hydrogen (secondary N) is 1. The summed E-state index contributed by atoms with van der Waals surface area (Å²) >= 11 is 3.16. The maximum Gasteiger partial charge on any atom is 0.409 e. The van der Waals surface area contributed by atoms with Crippen LogP contribution >= 0.6 is 15.9 Å². The molecule has 0 radical (unpaired) electrons. The molecule has 0 aromatic heterocycles. The zero-order valence-electron chi connectivity index (χ0n) is 10.4. The first-order chi connectivity index (χ1) is 9.55. The Bertz CT molecular complexity index is 485. The molecule has 9 heteroatoms. The average molecular weight is 378 g/mol. The van der Waals surface area contributed by atoms with Gasteiger partial charge in [-0.1, -0.05) is 40.2 Å². The van der Waals surface area contributed by atoms with E-state index in [9.17, 15) is 31.1 Å². The highest BCUT2D eigenvalue weighted by Crippen LogP contribution is 2.39. The van der Waals surface area contributed by atoms with Crippen LogP contribution in [0.15, 0.2) is 24.3 Å². The first-order valence-electron chi connectivity index (χ1n) is 5.60. The molecule has 1 aromatic carbocycles. The van der Waals surface area contributed by atoms with Crippen molar-refractivity contribution in [2.75, 3.05) is 0 Å². The lowest BCUT2D eigenvalue weighted by atomic mass is 10.1. The number of amides is 1. The lowest BCUT2D eigenvalue weighted by Gasteiger charge is -2.22. The molecule has 1 N–H and O–H groups in total. The monoisotopic (exact) mass is 377 g/mol. The van der Waals surface area contributed by atoms with E-state index in [-0.39, 0.29) is 0 Å². The molecule has 0 aliphatic rings. The number of benzene rings is 1. The van der Waals surface area contributed by atoms with Crippen molar-refractivity contribution < 1.29 is 31.1 Å². The number of alkyl halides is 7. The Hall–Kier alpha value is -1.25. The fourth-order valence-electron chi connectivity index (χ4n) is 1.60. The van der Waals surface area contributed by atoms with E-state index >= 15 is 0 Å². The largest absolute Gasteiger partial charge is 0.409 e. The number of carbonyl (C=O) groups is 1. The van der Waals surface area contributed by atoms with Crippen molar-refractivity contribution in [1.29, 1.82) is 0 Å². The second kappa shape index (κ2) is 6.67. The maximum absolute atomic E-state index is 12.3. The van der Waals surface area contributed by atoms with Crippen LogP contribution in [0.3, 0.4) is 0 Å². The van der Waals surface area contributed by atoms with Crippen molar-refractivity contribution in [3.63, 3.8) is 0 Å². The Morgan fingerprint density at radius 1 is 1.10 bits per heavy atom. The van der Waals surface area contributed by atoms with Crippen molar-refractivity contribution in [3.05, 3.63) is 35.4 Å². The van der Waals surface area contributed by atoms with Gasteiger partial charge in [-0.25, -0.2) is 0 Å². The third-order valence-electron chi connectivity index (χ3n) is 2.53. The topological polar surface area (TPSA) is 29.1 Å². The molecule has 21 heavy (non-hydrogen) atoms. The highest BCUT2D eigenvalue weighted by Gasteiger charge is 2.60. The number of halogens is 7.